The number of hydrogen-bond donors (Lipinski definition) is 2. The fraction of sp³-hybridized carbons (Fsp3) is 0.467. The van der Waals surface area contributed by atoms with E-state index >= 15 is 0 Å². The summed E-state index contributed by atoms with van der Waals surface area (Å²) in [6, 6.07) is 4.94. The van der Waals surface area contributed by atoms with Crippen LogP contribution in [0, 0.1) is 0 Å². The molecule has 0 aliphatic heterocycles. The van der Waals surface area contributed by atoms with Crippen molar-refractivity contribution in [1.29, 1.82) is 0 Å². The van der Waals surface area contributed by atoms with Crippen molar-refractivity contribution >= 4 is 11.9 Å². The number of halogens is 3. The molecule has 1 aromatic carbocycles. The van der Waals surface area contributed by atoms with Crippen LogP contribution in [0.2, 0.25) is 0 Å². The largest absolute Gasteiger partial charge is 0.480 e. The van der Waals surface area contributed by atoms with E-state index in [0.29, 0.717) is 18.4 Å². The van der Waals surface area contributed by atoms with Gasteiger partial charge in [-0.25, -0.2) is 4.79 Å². The highest BCUT2D eigenvalue weighted by atomic mass is 19.4. The number of aliphatic carboxylic acids is 1. The molecular formula is C15H18F3NO3. The summed E-state index contributed by atoms with van der Waals surface area (Å²) in [5.74, 6) is -1.60. The number of alkyl halides is 3. The molecule has 22 heavy (non-hydrogen) atoms. The van der Waals surface area contributed by atoms with Crippen LogP contribution >= 0.6 is 0 Å². The molecule has 0 spiro atoms. The molecule has 0 radical (unpaired) electrons. The molecule has 1 aromatic rings. The molecule has 0 bridgehead atoms. The van der Waals surface area contributed by atoms with Crippen molar-refractivity contribution in [1.82, 2.24) is 5.32 Å². The fourth-order valence-corrected chi connectivity index (χ4v) is 1.82. The molecule has 122 valence electrons. The zero-order chi connectivity index (χ0) is 17.0. The van der Waals surface area contributed by atoms with Gasteiger partial charge in [-0.05, 0) is 38.3 Å². The summed E-state index contributed by atoms with van der Waals surface area (Å²) < 4.78 is 37.7. The maximum absolute atomic E-state index is 12.6. The van der Waals surface area contributed by atoms with Crippen molar-refractivity contribution < 1.29 is 27.9 Å². The van der Waals surface area contributed by atoms with E-state index in [0.717, 1.165) is 12.1 Å². The van der Waals surface area contributed by atoms with Gasteiger partial charge >= 0.3 is 12.1 Å². The minimum atomic E-state index is -4.39. The first kappa shape index (κ1) is 18.0. The molecule has 0 aromatic heterocycles. The maximum Gasteiger partial charge on any atom is 0.416 e. The predicted molar refractivity (Wildman–Crippen MR) is 74.2 cm³/mol. The van der Waals surface area contributed by atoms with Crippen molar-refractivity contribution in [2.24, 2.45) is 0 Å². The summed E-state index contributed by atoms with van der Waals surface area (Å²) in [5.41, 5.74) is -1.60. The maximum atomic E-state index is 12.6. The van der Waals surface area contributed by atoms with E-state index in [2.05, 4.69) is 5.32 Å². The van der Waals surface area contributed by atoms with Crippen LogP contribution in [0.5, 0.6) is 0 Å². The van der Waals surface area contributed by atoms with Crippen molar-refractivity contribution in [3.8, 4) is 0 Å². The van der Waals surface area contributed by atoms with E-state index in [4.69, 9.17) is 5.11 Å². The quantitative estimate of drug-likeness (QED) is 0.847. The summed E-state index contributed by atoms with van der Waals surface area (Å²) in [6.45, 7) is 2.72. The minimum Gasteiger partial charge on any atom is -0.480 e. The van der Waals surface area contributed by atoms with E-state index < -0.39 is 29.2 Å². The monoisotopic (exact) mass is 317 g/mol. The Kier molecular flexibility index (Phi) is 5.57. The molecule has 2 N–H and O–H groups in total. The lowest BCUT2D eigenvalue weighted by Crippen LogP contribution is -2.49. The van der Waals surface area contributed by atoms with E-state index in [1.54, 1.807) is 6.07 Å². The Labute approximate surface area is 126 Å². The third-order valence-electron chi connectivity index (χ3n) is 3.11. The molecule has 0 atom stereocenters. The molecule has 0 unspecified atom stereocenters. The topological polar surface area (TPSA) is 66.4 Å². The van der Waals surface area contributed by atoms with Crippen LogP contribution in [-0.4, -0.2) is 22.5 Å². The summed E-state index contributed by atoms with van der Waals surface area (Å²) >= 11 is 0. The summed E-state index contributed by atoms with van der Waals surface area (Å²) in [4.78, 5) is 22.5. The highest BCUT2D eigenvalue weighted by molar-refractivity contribution is 5.86. The highest BCUT2D eigenvalue weighted by Gasteiger charge is 2.30. The second-order valence-electron chi connectivity index (χ2n) is 5.53. The van der Waals surface area contributed by atoms with Gasteiger partial charge in [0, 0.05) is 6.42 Å². The molecule has 0 fully saturated rings. The molecule has 0 saturated carbocycles. The first-order valence-electron chi connectivity index (χ1n) is 6.73. The van der Waals surface area contributed by atoms with Crippen LogP contribution in [0.25, 0.3) is 0 Å². The van der Waals surface area contributed by atoms with Gasteiger partial charge in [-0.2, -0.15) is 13.2 Å². The lowest BCUT2D eigenvalue weighted by molar-refractivity contribution is -0.146. The van der Waals surface area contributed by atoms with Gasteiger partial charge in [0.2, 0.25) is 5.91 Å². The van der Waals surface area contributed by atoms with Gasteiger partial charge in [0.05, 0.1) is 5.56 Å². The number of benzene rings is 1. The number of carboxylic acid groups (broad SMARTS) is 1. The molecule has 7 heteroatoms. The number of hydrogen-bond acceptors (Lipinski definition) is 2. The Morgan fingerprint density at radius 1 is 1.23 bits per heavy atom. The van der Waals surface area contributed by atoms with E-state index in [1.165, 1.54) is 19.9 Å². The van der Waals surface area contributed by atoms with Gasteiger partial charge < -0.3 is 10.4 Å². The smallest absolute Gasteiger partial charge is 0.416 e. The average molecular weight is 317 g/mol. The second kappa shape index (κ2) is 6.81. The second-order valence-corrected chi connectivity index (χ2v) is 5.53. The zero-order valence-electron chi connectivity index (χ0n) is 12.3. The van der Waals surface area contributed by atoms with Crippen LogP contribution in [0.4, 0.5) is 13.2 Å². The summed E-state index contributed by atoms with van der Waals surface area (Å²) in [6.07, 6.45) is -3.69. The lowest BCUT2D eigenvalue weighted by Gasteiger charge is -2.20. The third-order valence-corrected chi connectivity index (χ3v) is 3.11. The van der Waals surface area contributed by atoms with Crippen LogP contribution in [0.1, 0.15) is 37.8 Å². The molecular weight excluding hydrogens is 299 g/mol. The van der Waals surface area contributed by atoms with Crippen LogP contribution in [-0.2, 0) is 22.2 Å². The van der Waals surface area contributed by atoms with Crippen LogP contribution < -0.4 is 5.32 Å². The van der Waals surface area contributed by atoms with Gasteiger partial charge in [0.1, 0.15) is 5.54 Å². The zero-order valence-corrected chi connectivity index (χ0v) is 12.3. The summed E-state index contributed by atoms with van der Waals surface area (Å²) in [7, 11) is 0. The van der Waals surface area contributed by atoms with Crippen LogP contribution in [0.3, 0.4) is 0 Å². The molecule has 1 amide bonds. The minimum absolute atomic E-state index is 0.0486. The van der Waals surface area contributed by atoms with Gasteiger partial charge in [-0.15, -0.1) is 0 Å². The number of aryl methyl sites for hydroxylation is 1. The predicted octanol–water partition coefficient (Wildman–Crippen LogP) is 3.01. The van der Waals surface area contributed by atoms with E-state index in [9.17, 15) is 22.8 Å². The van der Waals surface area contributed by atoms with Crippen molar-refractivity contribution in [3.63, 3.8) is 0 Å². The Bertz CT molecular complexity index is 553. The summed E-state index contributed by atoms with van der Waals surface area (Å²) in [5, 5.41) is 11.2. The SMILES string of the molecule is CC(C)(NC(=O)CCCc1cccc(C(F)(F)F)c1)C(=O)O. The molecule has 1 rings (SSSR count). The number of carbonyl (C=O) groups excluding carboxylic acids is 1. The first-order chi connectivity index (χ1) is 10.0. The van der Waals surface area contributed by atoms with E-state index in [-0.39, 0.29) is 6.42 Å². The number of rotatable bonds is 6. The van der Waals surface area contributed by atoms with Gasteiger partial charge in [0.15, 0.2) is 0 Å². The van der Waals surface area contributed by atoms with Gasteiger partial charge in [0.25, 0.3) is 0 Å². The first-order valence-corrected chi connectivity index (χ1v) is 6.73. The van der Waals surface area contributed by atoms with E-state index in [1.807, 2.05) is 0 Å². The van der Waals surface area contributed by atoms with Crippen molar-refractivity contribution in [2.45, 2.75) is 44.8 Å². The molecule has 4 nitrogen and oxygen atoms in total. The van der Waals surface area contributed by atoms with Gasteiger partial charge in [-0.3, -0.25) is 4.79 Å². The molecule has 0 aliphatic carbocycles. The Morgan fingerprint density at radius 2 is 1.86 bits per heavy atom. The Balaban J connectivity index is 2.51. The normalized spacial score (nSPS) is 12.0. The molecule has 0 heterocycles. The van der Waals surface area contributed by atoms with Gasteiger partial charge in [-0.1, -0.05) is 18.2 Å². The average Bonchev–Trinajstić information content (AvgIpc) is 2.37. The number of nitrogens with one attached hydrogen (secondary N) is 1. The fourth-order valence-electron chi connectivity index (χ4n) is 1.82. The van der Waals surface area contributed by atoms with Crippen molar-refractivity contribution in [2.75, 3.05) is 0 Å². The number of amides is 1. The number of carboxylic acids is 1. The lowest BCUT2D eigenvalue weighted by atomic mass is 10.0. The Morgan fingerprint density at radius 3 is 2.41 bits per heavy atom. The highest BCUT2D eigenvalue weighted by Crippen LogP contribution is 2.29. The van der Waals surface area contributed by atoms with Crippen molar-refractivity contribution in [3.05, 3.63) is 35.4 Å². The molecule has 0 aliphatic rings. The third kappa shape index (κ3) is 5.38. The standard InChI is InChI=1S/C15H18F3NO3/c1-14(2,13(21)22)19-12(20)8-4-6-10-5-3-7-11(9-10)15(16,17)18/h3,5,7,9H,4,6,8H2,1-2H3,(H,19,20)(H,21,22). The molecule has 0 saturated heterocycles. The Hall–Kier alpha value is -2.05. The van der Waals surface area contributed by atoms with Crippen LogP contribution in [0.15, 0.2) is 24.3 Å². The number of carbonyl (C=O) groups is 2.